The summed E-state index contributed by atoms with van der Waals surface area (Å²) in [6.07, 6.45) is 0. The molecule has 0 unspecified atom stereocenters. The number of carbonyl (C=O) groups is 1. The van der Waals surface area contributed by atoms with Gasteiger partial charge in [-0.25, -0.2) is 4.68 Å². The molecule has 0 saturated carbocycles. The second-order valence-corrected chi connectivity index (χ2v) is 7.41. The van der Waals surface area contributed by atoms with Gasteiger partial charge in [-0.1, -0.05) is 41.6 Å². The second kappa shape index (κ2) is 8.99. The number of nitrogens with two attached hydrogens (primary N) is 1. The van der Waals surface area contributed by atoms with E-state index < -0.39 is 0 Å². The minimum Gasteiger partial charge on any atom is -0.496 e. The molecule has 1 amide bonds. The summed E-state index contributed by atoms with van der Waals surface area (Å²) in [7, 11) is 3.37. The lowest BCUT2D eigenvalue weighted by Crippen LogP contribution is -2.28. The molecule has 3 aromatic rings. The van der Waals surface area contributed by atoms with Gasteiger partial charge in [0.05, 0.1) is 12.9 Å². The van der Waals surface area contributed by atoms with E-state index in [-0.39, 0.29) is 11.7 Å². The highest BCUT2D eigenvalue weighted by Crippen LogP contribution is 2.24. The maximum atomic E-state index is 12.5. The summed E-state index contributed by atoms with van der Waals surface area (Å²) in [6, 6.07) is 14.8. The number of ether oxygens (including phenoxy) is 1. The molecule has 0 fully saturated rings. The molecule has 0 spiro atoms. The van der Waals surface area contributed by atoms with E-state index in [2.05, 4.69) is 10.2 Å². The van der Waals surface area contributed by atoms with Crippen LogP contribution in [0.1, 0.15) is 5.56 Å². The van der Waals surface area contributed by atoms with E-state index in [1.807, 2.05) is 36.4 Å². The van der Waals surface area contributed by atoms with E-state index in [4.69, 9.17) is 22.2 Å². The van der Waals surface area contributed by atoms with Crippen molar-refractivity contribution >= 4 is 29.3 Å². The zero-order chi connectivity index (χ0) is 20.1. The molecule has 1 heterocycles. The highest BCUT2D eigenvalue weighted by atomic mass is 35.5. The largest absolute Gasteiger partial charge is 0.496 e. The maximum Gasteiger partial charge on any atom is 0.233 e. The molecule has 7 nitrogen and oxygen atoms in total. The van der Waals surface area contributed by atoms with Crippen LogP contribution in [0.3, 0.4) is 0 Å². The number of hydrogen-bond donors (Lipinski definition) is 1. The summed E-state index contributed by atoms with van der Waals surface area (Å²) in [5.41, 5.74) is 1.74. The molecule has 9 heteroatoms. The predicted molar refractivity (Wildman–Crippen MR) is 111 cm³/mol. The van der Waals surface area contributed by atoms with Crippen molar-refractivity contribution in [2.75, 3.05) is 25.8 Å². The molecule has 0 aliphatic carbocycles. The quantitative estimate of drug-likeness (QED) is 0.469. The van der Waals surface area contributed by atoms with Crippen molar-refractivity contribution in [1.29, 1.82) is 0 Å². The first kappa shape index (κ1) is 20.0. The van der Waals surface area contributed by atoms with Crippen LogP contribution >= 0.6 is 23.4 Å². The van der Waals surface area contributed by atoms with E-state index in [0.29, 0.717) is 22.5 Å². The molecule has 2 N–H and O–H groups in total. The number of rotatable bonds is 7. The average Bonchev–Trinajstić information content (AvgIpc) is 3.07. The highest BCUT2D eigenvalue weighted by Gasteiger charge is 2.16. The van der Waals surface area contributed by atoms with Crippen LogP contribution in [0, 0.1) is 0 Å². The standard InChI is InChI=1S/C19H20ClN5O2S/c1-24(11-14-5-3-4-6-16(14)27-2)17(26)12-28-19-23-22-18(25(19)21)13-7-9-15(20)10-8-13/h3-10H,11-12,21H2,1-2H3. The van der Waals surface area contributed by atoms with Crippen LogP contribution in [-0.4, -0.2) is 45.6 Å². The van der Waals surface area contributed by atoms with Crippen LogP contribution in [0.15, 0.2) is 53.7 Å². The van der Waals surface area contributed by atoms with Crippen LogP contribution < -0.4 is 10.6 Å². The number of methoxy groups -OCH3 is 1. The Morgan fingerprint density at radius 1 is 1.21 bits per heavy atom. The molecule has 1 aromatic heterocycles. The smallest absolute Gasteiger partial charge is 0.233 e. The Balaban J connectivity index is 1.62. The van der Waals surface area contributed by atoms with Crippen molar-refractivity contribution < 1.29 is 9.53 Å². The Bertz CT molecular complexity index is 961. The number of carbonyl (C=O) groups excluding carboxylic acids is 1. The third-order valence-corrected chi connectivity index (χ3v) is 5.30. The second-order valence-electron chi connectivity index (χ2n) is 6.03. The van der Waals surface area contributed by atoms with Gasteiger partial charge in [-0.05, 0) is 30.3 Å². The van der Waals surface area contributed by atoms with Gasteiger partial charge < -0.3 is 15.5 Å². The van der Waals surface area contributed by atoms with Crippen LogP contribution in [0.5, 0.6) is 5.75 Å². The van der Waals surface area contributed by atoms with E-state index in [1.54, 1.807) is 31.2 Å². The Morgan fingerprint density at radius 3 is 2.64 bits per heavy atom. The summed E-state index contributed by atoms with van der Waals surface area (Å²) in [5, 5.41) is 9.29. The summed E-state index contributed by atoms with van der Waals surface area (Å²) in [5.74, 6) is 7.50. The first-order valence-corrected chi connectivity index (χ1v) is 9.81. The maximum absolute atomic E-state index is 12.5. The topological polar surface area (TPSA) is 86.3 Å². The monoisotopic (exact) mass is 417 g/mol. The predicted octanol–water partition coefficient (Wildman–Crippen LogP) is 3.07. The van der Waals surface area contributed by atoms with Crippen molar-refractivity contribution in [1.82, 2.24) is 19.8 Å². The van der Waals surface area contributed by atoms with Crippen molar-refractivity contribution in [3.05, 3.63) is 59.1 Å². The van der Waals surface area contributed by atoms with E-state index >= 15 is 0 Å². The lowest BCUT2D eigenvalue weighted by Gasteiger charge is -2.18. The number of nitrogens with zero attached hydrogens (tertiary/aromatic N) is 4. The minimum absolute atomic E-state index is 0.0491. The summed E-state index contributed by atoms with van der Waals surface area (Å²) in [4.78, 5) is 14.1. The number of amides is 1. The Hall–Kier alpha value is -2.71. The molecular formula is C19H20ClN5O2S. The fraction of sp³-hybridized carbons (Fsp3) is 0.211. The van der Waals surface area contributed by atoms with Gasteiger partial charge in [0, 0.05) is 29.7 Å². The van der Waals surface area contributed by atoms with E-state index in [1.165, 1.54) is 16.4 Å². The fourth-order valence-electron chi connectivity index (χ4n) is 2.59. The number of halogens is 1. The van der Waals surface area contributed by atoms with Crippen molar-refractivity contribution in [2.24, 2.45) is 0 Å². The zero-order valence-corrected chi connectivity index (χ0v) is 17.1. The molecule has 28 heavy (non-hydrogen) atoms. The van der Waals surface area contributed by atoms with Gasteiger partial charge in [0.2, 0.25) is 11.1 Å². The molecule has 0 aliphatic heterocycles. The highest BCUT2D eigenvalue weighted by molar-refractivity contribution is 7.99. The molecule has 0 atom stereocenters. The molecule has 3 rings (SSSR count). The van der Waals surface area contributed by atoms with Gasteiger partial charge in [0.1, 0.15) is 5.75 Å². The molecule has 146 valence electrons. The number of para-hydroxylation sites is 1. The van der Waals surface area contributed by atoms with Crippen molar-refractivity contribution in [3.8, 4) is 17.1 Å². The fourth-order valence-corrected chi connectivity index (χ4v) is 3.51. The summed E-state index contributed by atoms with van der Waals surface area (Å²) >= 11 is 7.15. The molecule has 0 aliphatic rings. The normalized spacial score (nSPS) is 10.7. The van der Waals surface area contributed by atoms with E-state index in [0.717, 1.165) is 16.9 Å². The number of hydrogen-bond acceptors (Lipinski definition) is 6. The van der Waals surface area contributed by atoms with Crippen LogP contribution in [0.25, 0.3) is 11.4 Å². The molecular weight excluding hydrogens is 398 g/mol. The van der Waals surface area contributed by atoms with Crippen molar-refractivity contribution in [2.45, 2.75) is 11.7 Å². The zero-order valence-electron chi connectivity index (χ0n) is 15.5. The first-order valence-electron chi connectivity index (χ1n) is 8.44. The number of nitrogen functional groups attached to an aromatic ring is 1. The number of aromatic nitrogens is 3. The van der Waals surface area contributed by atoms with E-state index in [9.17, 15) is 4.79 Å². The van der Waals surface area contributed by atoms with Crippen LogP contribution in [-0.2, 0) is 11.3 Å². The third kappa shape index (κ3) is 4.58. The van der Waals surface area contributed by atoms with Gasteiger partial charge in [0.15, 0.2) is 5.82 Å². The minimum atomic E-state index is -0.0491. The third-order valence-electron chi connectivity index (χ3n) is 4.12. The SMILES string of the molecule is COc1ccccc1CN(C)C(=O)CSc1nnc(-c2ccc(Cl)cc2)n1N. The molecule has 2 aromatic carbocycles. The first-order chi connectivity index (χ1) is 13.5. The van der Waals surface area contributed by atoms with Gasteiger partial charge in [-0.15, -0.1) is 10.2 Å². The lowest BCUT2D eigenvalue weighted by molar-refractivity contribution is -0.127. The Labute approximate surface area is 172 Å². The number of benzene rings is 2. The lowest BCUT2D eigenvalue weighted by atomic mass is 10.2. The molecule has 0 saturated heterocycles. The van der Waals surface area contributed by atoms with Gasteiger partial charge in [0.25, 0.3) is 0 Å². The Morgan fingerprint density at radius 2 is 1.93 bits per heavy atom. The van der Waals surface area contributed by atoms with Gasteiger partial charge in [-0.3, -0.25) is 4.79 Å². The summed E-state index contributed by atoms with van der Waals surface area (Å²) < 4.78 is 6.71. The molecule has 0 radical (unpaired) electrons. The Kier molecular flexibility index (Phi) is 6.43. The van der Waals surface area contributed by atoms with Crippen LogP contribution in [0.2, 0.25) is 5.02 Å². The number of thioether (sulfide) groups is 1. The van der Waals surface area contributed by atoms with Crippen molar-refractivity contribution in [3.63, 3.8) is 0 Å². The van der Waals surface area contributed by atoms with Gasteiger partial charge in [-0.2, -0.15) is 0 Å². The van der Waals surface area contributed by atoms with Gasteiger partial charge >= 0.3 is 0 Å². The molecule has 0 bridgehead atoms. The average molecular weight is 418 g/mol. The summed E-state index contributed by atoms with van der Waals surface area (Å²) in [6.45, 7) is 0.453. The van der Waals surface area contributed by atoms with Crippen LogP contribution in [0.4, 0.5) is 0 Å².